The number of non-ortho nitro benzene ring substituents is 1. The van der Waals surface area contributed by atoms with Crippen molar-refractivity contribution in [1.29, 1.82) is 0 Å². The second-order valence-corrected chi connectivity index (χ2v) is 5.40. The average molecular weight is 405 g/mol. The molecule has 2 aromatic carbocycles. The molecule has 2 rings (SSSR count). The van der Waals surface area contributed by atoms with Crippen LogP contribution in [0.2, 0.25) is 0 Å². The Morgan fingerprint density at radius 1 is 1.17 bits per heavy atom. The lowest BCUT2D eigenvalue weighted by Crippen LogP contribution is -2.34. The van der Waals surface area contributed by atoms with E-state index in [1.54, 1.807) is 0 Å². The quantitative estimate of drug-likeness (QED) is 0.352. The number of nitrogens with one attached hydrogen (secondary N) is 2. The summed E-state index contributed by atoms with van der Waals surface area (Å²) < 4.78 is 13.1. The smallest absolute Gasteiger partial charge is 0.318 e. The average Bonchev–Trinajstić information content (AvgIpc) is 2.66. The molecule has 0 saturated heterocycles. The standard InChI is InChI=1S/C16H12FN5O7/c17-11-3-1-2-9(4-11)16(25)18-8-14(23)20-19-7-10-5-12(21(26)27)6-13(15(10)24)22(28)29/h1-7,24H,8H2,(H,18,25)(H,20,23). The molecule has 0 aliphatic rings. The van der Waals surface area contributed by atoms with Gasteiger partial charge in [0.15, 0.2) is 0 Å². The van der Waals surface area contributed by atoms with E-state index >= 15 is 0 Å². The van der Waals surface area contributed by atoms with E-state index in [-0.39, 0.29) is 11.1 Å². The Bertz CT molecular complexity index is 1020. The molecule has 0 atom stereocenters. The number of nitro benzene ring substituents is 2. The molecule has 3 N–H and O–H groups in total. The highest BCUT2D eigenvalue weighted by atomic mass is 19.1. The topological polar surface area (TPSA) is 177 Å². The summed E-state index contributed by atoms with van der Waals surface area (Å²) in [6.07, 6.45) is 0.766. The molecule has 0 spiro atoms. The van der Waals surface area contributed by atoms with E-state index in [0.29, 0.717) is 6.07 Å². The molecule has 0 radical (unpaired) electrons. The van der Waals surface area contributed by atoms with Crippen LogP contribution in [0.3, 0.4) is 0 Å². The van der Waals surface area contributed by atoms with E-state index in [9.17, 15) is 39.3 Å². The van der Waals surface area contributed by atoms with Gasteiger partial charge in [0.1, 0.15) is 5.82 Å². The second kappa shape index (κ2) is 8.98. The minimum atomic E-state index is -1.01. The lowest BCUT2D eigenvalue weighted by atomic mass is 10.1. The fourth-order valence-electron chi connectivity index (χ4n) is 2.07. The Labute approximate surface area is 161 Å². The van der Waals surface area contributed by atoms with Crippen molar-refractivity contribution in [2.24, 2.45) is 5.10 Å². The number of hydrogen-bond donors (Lipinski definition) is 3. The molecule has 29 heavy (non-hydrogen) atoms. The molecule has 2 amide bonds. The number of phenols is 1. The number of hydrazone groups is 1. The molecule has 150 valence electrons. The maximum absolute atomic E-state index is 13.1. The molecule has 12 nitrogen and oxygen atoms in total. The number of nitrogens with zero attached hydrogens (tertiary/aromatic N) is 3. The van der Waals surface area contributed by atoms with Gasteiger partial charge in [-0.15, -0.1) is 0 Å². The van der Waals surface area contributed by atoms with Crippen LogP contribution in [-0.2, 0) is 4.79 Å². The zero-order valence-corrected chi connectivity index (χ0v) is 14.4. The number of aromatic hydroxyl groups is 1. The monoisotopic (exact) mass is 405 g/mol. The highest BCUT2D eigenvalue weighted by molar-refractivity contribution is 5.96. The van der Waals surface area contributed by atoms with Crippen LogP contribution in [0.15, 0.2) is 41.5 Å². The van der Waals surface area contributed by atoms with Crippen LogP contribution in [-0.4, -0.2) is 39.5 Å². The maximum Gasteiger partial charge on any atom is 0.318 e. The largest absolute Gasteiger partial charge is 0.502 e. The minimum Gasteiger partial charge on any atom is -0.502 e. The van der Waals surface area contributed by atoms with Crippen molar-refractivity contribution < 1.29 is 28.9 Å². The summed E-state index contributed by atoms with van der Waals surface area (Å²) in [4.78, 5) is 43.2. The van der Waals surface area contributed by atoms with Gasteiger partial charge < -0.3 is 10.4 Å². The molecule has 13 heteroatoms. The Morgan fingerprint density at radius 3 is 2.52 bits per heavy atom. The number of phenolic OH excluding ortho intramolecular Hbond substituents is 1. The van der Waals surface area contributed by atoms with E-state index in [2.05, 4.69) is 10.4 Å². The number of nitro groups is 2. The van der Waals surface area contributed by atoms with Gasteiger partial charge in [-0.3, -0.25) is 29.8 Å². The van der Waals surface area contributed by atoms with E-state index in [1.807, 2.05) is 5.43 Å². The van der Waals surface area contributed by atoms with Crippen molar-refractivity contribution in [3.63, 3.8) is 0 Å². The number of carbonyl (C=O) groups excluding carboxylic acids is 2. The van der Waals surface area contributed by atoms with Crippen molar-refractivity contribution in [2.45, 2.75) is 0 Å². The van der Waals surface area contributed by atoms with Crippen LogP contribution in [0, 0.1) is 26.0 Å². The highest BCUT2D eigenvalue weighted by Gasteiger charge is 2.23. The lowest BCUT2D eigenvalue weighted by Gasteiger charge is -2.04. The van der Waals surface area contributed by atoms with Gasteiger partial charge in [0.2, 0.25) is 5.75 Å². The number of halogens is 1. The SMILES string of the molecule is O=C(CNC(=O)c1cccc(F)c1)NN=Cc1cc([N+](=O)[O-])cc([N+](=O)[O-])c1O. The Kier molecular flexibility index (Phi) is 6.47. The maximum atomic E-state index is 13.1. The molecule has 0 aromatic heterocycles. The summed E-state index contributed by atoms with van der Waals surface area (Å²) in [5.41, 5.74) is 0.0103. The van der Waals surface area contributed by atoms with Gasteiger partial charge in [0.25, 0.3) is 17.5 Å². The number of carbonyl (C=O) groups is 2. The van der Waals surface area contributed by atoms with Crippen LogP contribution in [0.25, 0.3) is 0 Å². The zero-order chi connectivity index (χ0) is 21.6. The van der Waals surface area contributed by atoms with Gasteiger partial charge in [-0.2, -0.15) is 5.10 Å². The van der Waals surface area contributed by atoms with Crippen molar-refractivity contribution in [3.05, 3.63) is 73.6 Å². The normalized spacial score (nSPS) is 10.5. The molecule has 0 bridgehead atoms. The summed E-state index contributed by atoms with van der Waals surface area (Å²) >= 11 is 0. The van der Waals surface area contributed by atoms with Gasteiger partial charge in [0, 0.05) is 11.6 Å². The predicted octanol–water partition coefficient (Wildman–Crippen LogP) is 1.23. The first-order chi connectivity index (χ1) is 13.7. The zero-order valence-electron chi connectivity index (χ0n) is 14.4. The van der Waals surface area contributed by atoms with Gasteiger partial charge in [-0.05, 0) is 18.2 Å². The van der Waals surface area contributed by atoms with E-state index in [1.165, 1.54) is 12.1 Å². The van der Waals surface area contributed by atoms with Crippen LogP contribution >= 0.6 is 0 Å². The Hall–Kier alpha value is -4.42. The van der Waals surface area contributed by atoms with Crippen LogP contribution in [0.1, 0.15) is 15.9 Å². The van der Waals surface area contributed by atoms with Crippen LogP contribution in [0.5, 0.6) is 5.75 Å². The predicted molar refractivity (Wildman–Crippen MR) is 95.9 cm³/mol. The molecule has 0 aliphatic carbocycles. The summed E-state index contributed by atoms with van der Waals surface area (Å²) in [7, 11) is 0. The molecular formula is C16H12FN5O7. The van der Waals surface area contributed by atoms with Crippen molar-refractivity contribution in [1.82, 2.24) is 10.7 Å². The molecule has 0 unspecified atom stereocenters. The van der Waals surface area contributed by atoms with Gasteiger partial charge >= 0.3 is 5.69 Å². The Balaban J connectivity index is 2.02. The summed E-state index contributed by atoms with van der Waals surface area (Å²) in [6, 6.07) is 6.18. The van der Waals surface area contributed by atoms with E-state index in [4.69, 9.17) is 0 Å². The number of benzene rings is 2. The third-order valence-electron chi connectivity index (χ3n) is 3.40. The van der Waals surface area contributed by atoms with Crippen molar-refractivity contribution >= 4 is 29.4 Å². The molecule has 0 fully saturated rings. The molecule has 0 saturated carbocycles. The molecule has 0 aliphatic heterocycles. The fourth-order valence-corrected chi connectivity index (χ4v) is 2.07. The third kappa shape index (κ3) is 5.53. The summed E-state index contributed by atoms with van der Waals surface area (Å²) in [6.45, 7) is -0.534. The Morgan fingerprint density at radius 2 is 1.90 bits per heavy atom. The van der Waals surface area contributed by atoms with Crippen LogP contribution in [0.4, 0.5) is 15.8 Å². The summed E-state index contributed by atoms with van der Waals surface area (Å²) in [5.74, 6) is -3.03. The van der Waals surface area contributed by atoms with E-state index < -0.39 is 51.1 Å². The van der Waals surface area contributed by atoms with Gasteiger partial charge in [0.05, 0.1) is 34.2 Å². The minimum absolute atomic E-state index is 0.00451. The highest BCUT2D eigenvalue weighted by Crippen LogP contribution is 2.33. The second-order valence-electron chi connectivity index (χ2n) is 5.40. The fraction of sp³-hybridized carbons (Fsp3) is 0.0625. The number of hydrogen-bond acceptors (Lipinski definition) is 8. The van der Waals surface area contributed by atoms with Crippen LogP contribution < -0.4 is 10.7 Å². The number of amides is 2. The van der Waals surface area contributed by atoms with Crippen molar-refractivity contribution in [2.75, 3.05) is 6.54 Å². The molecule has 0 heterocycles. The van der Waals surface area contributed by atoms with Gasteiger partial charge in [-0.25, -0.2) is 9.82 Å². The van der Waals surface area contributed by atoms with E-state index in [0.717, 1.165) is 24.4 Å². The van der Waals surface area contributed by atoms with Gasteiger partial charge in [-0.1, -0.05) is 6.07 Å². The summed E-state index contributed by atoms with van der Waals surface area (Å²) in [5, 5.41) is 37.1. The molecule has 2 aromatic rings. The number of rotatable bonds is 7. The first-order valence-electron chi connectivity index (χ1n) is 7.70. The lowest BCUT2D eigenvalue weighted by molar-refractivity contribution is -0.394. The first-order valence-corrected chi connectivity index (χ1v) is 7.70. The molecular weight excluding hydrogens is 393 g/mol. The van der Waals surface area contributed by atoms with Crippen molar-refractivity contribution in [3.8, 4) is 5.75 Å². The third-order valence-corrected chi connectivity index (χ3v) is 3.40. The first kappa shape index (κ1) is 20.9.